The van der Waals surface area contributed by atoms with E-state index in [0.29, 0.717) is 38.7 Å². The molecule has 2 aromatic rings. The third kappa shape index (κ3) is 4.28. The number of anilines is 1. The predicted octanol–water partition coefficient (Wildman–Crippen LogP) is 1.72. The van der Waals surface area contributed by atoms with Crippen molar-refractivity contribution in [1.29, 1.82) is 0 Å². The van der Waals surface area contributed by atoms with E-state index in [1.54, 1.807) is 19.2 Å². The molecular formula is C17H21N3O4S. The summed E-state index contributed by atoms with van der Waals surface area (Å²) in [6.07, 6.45) is 1.39. The van der Waals surface area contributed by atoms with Gasteiger partial charge in [-0.15, -0.1) is 0 Å². The Bertz CT molecular complexity index is 803. The van der Waals surface area contributed by atoms with Crippen molar-refractivity contribution >= 4 is 15.8 Å². The highest BCUT2D eigenvalue weighted by molar-refractivity contribution is 7.89. The monoisotopic (exact) mass is 363 g/mol. The molecule has 0 radical (unpaired) electrons. The summed E-state index contributed by atoms with van der Waals surface area (Å²) >= 11 is 0. The minimum absolute atomic E-state index is 0.196. The number of hydrogen-bond acceptors (Lipinski definition) is 6. The second-order valence-corrected chi connectivity index (χ2v) is 7.54. The fourth-order valence-corrected chi connectivity index (χ4v) is 3.90. The van der Waals surface area contributed by atoms with Crippen LogP contribution in [-0.2, 0) is 21.3 Å². The van der Waals surface area contributed by atoms with Gasteiger partial charge in [0, 0.05) is 25.8 Å². The van der Waals surface area contributed by atoms with Crippen LogP contribution in [-0.4, -0.2) is 51.1 Å². The van der Waals surface area contributed by atoms with Gasteiger partial charge in [-0.2, -0.15) is 4.31 Å². The molecule has 0 saturated carbocycles. The average molecular weight is 363 g/mol. The average Bonchev–Trinajstić information content (AvgIpc) is 2.67. The van der Waals surface area contributed by atoms with Gasteiger partial charge in [-0.25, -0.2) is 13.4 Å². The molecule has 1 aromatic heterocycles. The number of ether oxygens (including phenoxy) is 2. The molecule has 3 rings (SSSR count). The number of aromatic nitrogens is 1. The van der Waals surface area contributed by atoms with E-state index >= 15 is 0 Å². The van der Waals surface area contributed by atoms with Crippen LogP contribution in [0.5, 0.6) is 5.75 Å². The Morgan fingerprint density at radius 2 is 2.04 bits per heavy atom. The van der Waals surface area contributed by atoms with Gasteiger partial charge in [0.05, 0.1) is 20.3 Å². The Labute approximate surface area is 147 Å². The maximum Gasteiger partial charge on any atom is 0.244 e. The lowest BCUT2D eigenvalue weighted by Gasteiger charge is -2.25. The molecule has 0 aliphatic carbocycles. The van der Waals surface area contributed by atoms with Crippen LogP contribution in [0.1, 0.15) is 5.56 Å². The molecule has 7 nitrogen and oxygen atoms in total. The van der Waals surface area contributed by atoms with E-state index < -0.39 is 10.0 Å². The van der Waals surface area contributed by atoms with Crippen molar-refractivity contribution in [2.45, 2.75) is 11.4 Å². The zero-order chi connectivity index (χ0) is 17.7. The summed E-state index contributed by atoms with van der Waals surface area (Å²) in [7, 11) is -1.88. The first kappa shape index (κ1) is 17.7. The summed E-state index contributed by atoms with van der Waals surface area (Å²) in [6.45, 7) is 2.16. The van der Waals surface area contributed by atoms with Crippen LogP contribution in [0.3, 0.4) is 0 Å². The number of methoxy groups -OCH3 is 1. The Hall–Kier alpha value is -2.16. The van der Waals surface area contributed by atoms with E-state index in [0.717, 1.165) is 11.3 Å². The van der Waals surface area contributed by atoms with E-state index in [1.807, 2.05) is 24.3 Å². The minimum atomic E-state index is -3.51. The molecule has 1 fully saturated rings. The lowest BCUT2D eigenvalue weighted by molar-refractivity contribution is 0.0730. The fraction of sp³-hybridized carbons (Fsp3) is 0.353. The number of rotatable bonds is 6. The van der Waals surface area contributed by atoms with Gasteiger partial charge in [-0.1, -0.05) is 12.1 Å². The first-order valence-corrected chi connectivity index (χ1v) is 9.44. The number of morpholine rings is 1. The van der Waals surface area contributed by atoms with Crippen molar-refractivity contribution in [2.24, 2.45) is 0 Å². The Balaban J connectivity index is 1.65. The number of nitrogens with zero attached hydrogens (tertiary/aromatic N) is 2. The van der Waals surface area contributed by atoms with E-state index in [4.69, 9.17) is 9.47 Å². The van der Waals surface area contributed by atoms with Crippen molar-refractivity contribution in [3.63, 3.8) is 0 Å². The molecule has 0 bridgehead atoms. The summed E-state index contributed by atoms with van der Waals surface area (Å²) < 4.78 is 36.9. The molecule has 134 valence electrons. The molecule has 1 aromatic carbocycles. The van der Waals surface area contributed by atoms with E-state index in [-0.39, 0.29) is 4.90 Å². The number of pyridine rings is 1. The van der Waals surface area contributed by atoms with Crippen LogP contribution in [0.15, 0.2) is 47.5 Å². The van der Waals surface area contributed by atoms with E-state index in [2.05, 4.69) is 10.3 Å². The maximum absolute atomic E-state index is 12.5. The summed E-state index contributed by atoms with van der Waals surface area (Å²) in [5.41, 5.74) is 1.05. The Morgan fingerprint density at radius 1 is 1.24 bits per heavy atom. The third-order valence-electron chi connectivity index (χ3n) is 3.95. The summed E-state index contributed by atoms with van der Waals surface area (Å²) in [5.74, 6) is 1.41. The zero-order valence-electron chi connectivity index (χ0n) is 14.0. The van der Waals surface area contributed by atoms with Crippen LogP contribution >= 0.6 is 0 Å². The lowest BCUT2D eigenvalue weighted by atomic mass is 10.2. The van der Waals surface area contributed by atoms with Gasteiger partial charge >= 0.3 is 0 Å². The normalized spacial score (nSPS) is 15.7. The number of sulfonamides is 1. The van der Waals surface area contributed by atoms with Crippen molar-refractivity contribution in [3.05, 3.63) is 48.2 Å². The van der Waals surface area contributed by atoms with Crippen molar-refractivity contribution < 1.29 is 17.9 Å². The molecular weight excluding hydrogens is 342 g/mol. The van der Waals surface area contributed by atoms with Gasteiger partial charge in [0.1, 0.15) is 16.5 Å². The van der Waals surface area contributed by atoms with Gasteiger partial charge in [0.15, 0.2) is 0 Å². The number of nitrogens with one attached hydrogen (secondary N) is 1. The lowest BCUT2D eigenvalue weighted by Crippen LogP contribution is -2.40. The highest BCUT2D eigenvalue weighted by Crippen LogP contribution is 2.18. The number of benzene rings is 1. The molecule has 0 atom stereocenters. The molecule has 8 heteroatoms. The van der Waals surface area contributed by atoms with E-state index in [1.165, 1.54) is 10.5 Å². The van der Waals surface area contributed by atoms with Gasteiger partial charge in [0.25, 0.3) is 0 Å². The van der Waals surface area contributed by atoms with Gasteiger partial charge in [-0.05, 0) is 29.8 Å². The standard InChI is InChI=1S/C17H21N3O4S/c1-23-15-4-2-3-14(11-15)12-18-17-6-5-16(13-19-17)25(21,22)20-7-9-24-10-8-20/h2-6,11,13H,7-10,12H2,1H3,(H,18,19). The molecule has 2 heterocycles. The van der Waals surface area contributed by atoms with Crippen LogP contribution in [0, 0.1) is 0 Å². The summed E-state index contributed by atoms with van der Waals surface area (Å²) in [4.78, 5) is 4.41. The number of hydrogen-bond donors (Lipinski definition) is 1. The molecule has 1 aliphatic rings. The smallest absolute Gasteiger partial charge is 0.244 e. The molecule has 0 unspecified atom stereocenters. The van der Waals surface area contributed by atoms with Crippen molar-refractivity contribution in [2.75, 3.05) is 38.7 Å². The molecule has 25 heavy (non-hydrogen) atoms. The third-order valence-corrected chi connectivity index (χ3v) is 5.83. The second kappa shape index (κ2) is 7.81. The SMILES string of the molecule is COc1cccc(CNc2ccc(S(=O)(=O)N3CCOCC3)cn2)c1. The van der Waals surface area contributed by atoms with Gasteiger partial charge in [0.2, 0.25) is 10.0 Å². The fourth-order valence-electron chi connectivity index (χ4n) is 2.55. The van der Waals surface area contributed by atoms with Crippen LogP contribution in [0.4, 0.5) is 5.82 Å². The van der Waals surface area contributed by atoms with Crippen LogP contribution in [0.25, 0.3) is 0 Å². The quantitative estimate of drug-likeness (QED) is 0.842. The topological polar surface area (TPSA) is 80.8 Å². The predicted molar refractivity (Wildman–Crippen MR) is 94.1 cm³/mol. The Morgan fingerprint density at radius 3 is 2.72 bits per heavy atom. The van der Waals surface area contributed by atoms with E-state index in [9.17, 15) is 8.42 Å². The van der Waals surface area contributed by atoms with Gasteiger partial charge in [-0.3, -0.25) is 0 Å². The summed E-state index contributed by atoms with van der Waals surface area (Å²) in [6, 6.07) is 11.0. The first-order valence-electron chi connectivity index (χ1n) is 8.00. The Kier molecular flexibility index (Phi) is 5.52. The zero-order valence-corrected chi connectivity index (χ0v) is 14.8. The second-order valence-electron chi connectivity index (χ2n) is 5.60. The molecule has 0 amide bonds. The molecule has 1 aliphatic heterocycles. The van der Waals surface area contributed by atoms with Crippen LogP contribution < -0.4 is 10.1 Å². The van der Waals surface area contributed by atoms with Crippen molar-refractivity contribution in [3.8, 4) is 5.75 Å². The highest BCUT2D eigenvalue weighted by atomic mass is 32.2. The largest absolute Gasteiger partial charge is 0.497 e. The molecule has 0 spiro atoms. The van der Waals surface area contributed by atoms with Crippen molar-refractivity contribution in [1.82, 2.24) is 9.29 Å². The summed E-state index contributed by atoms with van der Waals surface area (Å²) in [5, 5.41) is 3.18. The molecule has 1 N–H and O–H groups in total. The maximum atomic E-state index is 12.5. The molecule has 1 saturated heterocycles. The highest BCUT2D eigenvalue weighted by Gasteiger charge is 2.26. The van der Waals surface area contributed by atoms with Gasteiger partial charge < -0.3 is 14.8 Å². The first-order chi connectivity index (χ1) is 12.1. The van der Waals surface area contributed by atoms with Crippen LogP contribution in [0.2, 0.25) is 0 Å². The minimum Gasteiger partial charge on any atom is -0.497 e.